The van der Waals surface area contributed by atoms with Crippen LogP contribution in [0.4, 0.5) is 0 Å². The minimum atomic E-state index is 0.660. The Balaban J connectivity index is 1.15. The van der Waals surface area contributed by atoms with Gasteiger partial charge in [-0.15, -0.1) is 0 Å². The second-order valence-corrected chi connectivity index (χ2v) is 15.3. The Hall–Kier alpha value is -8.21. The number of rotatable bonds is 8. The summed E-state index contributed by atoms with van der Waals surface area (Å²) < 4.78 is 2.14. The molecule has 0 saturated heterocycles. The van der Waals surface area contributed by atoms with Crippen LogP contribution in [-0.4, -0.2) is 19.6 Å². The van der Waals surface area contributed by atoms with Crippen molar-refractivity contribution in [2.24, 2.45) is 0 Å². The molecule has 0 amide bonds. The van der Waals surface area contributed by atoms with E-state index in [4.69, 9.17) is 15.1 Å². The van der Waals surface area contributed by atoms with E-state index >= 15 is 0 Å². The van der Waals surface area contributed by atoms with Crippen molar-refractivity contribution in [1.29, 1.82) is 0 Å². The average Bonchev–Trinajstić information content (AvgIpc) is 3.76. The Bertz CT molecular complexity index is 3220. The highest BCUT2D eigenvalue weighted by Gasteiger charge is 2.22. The summed E-state index contributed by atoms with van der Waals surface area (Å²) in [6.07, 6.45) is 0. The summed E-state index contributed by atoms with van der Waals surface area (Å²) in [5.74, 6) is 0.660. The molecule has 0 atom stereocenters. The van der Waals surface area contributed by atoms with Crippen molar-refractivity contribution in [3.63, 3.8) is 0 Å². The fourth-order valence-corrected chi connectivity index (χ4v) is 8.43. The van der Waals surface area contributed by atoms with Gasteiger partial charge in [-0.05, 0) is 63.5 Å². The summed E-state index contributed by atoms with van der Waals surface area (Å²) in [5, 5.41) is 7.58. The summed E-state index contributed by atoms with van der Waals surface area (Å²) in [5.41, 5.74) is 16.7. The van der Waals surface area contributed by atoms with E-state index in [0.29, 0.717) is 5.82 Å². The molecule has 0 aliphatic heterocycles. The third-order valence-electron chi connectivity index (χ3n) is 11.4. The van der Waals surface area contributed by atoms with E-state index in [-0.39, 0.29) is 0 Å². The predicted octanol–water partition coefficient (Wildman–Crippen LogP) is 14.6. The summed E-state index contributed by atoms with van der Waals surface area (Å²) in [6.45, 7) is 0. The molecule has 4 heteroatoms. The average molecular weight is 779 g/mol. The lowest BCUT2D eigenvalue weighted by molar-refractivity contribution is 0.979. The van der Waals surface area contributed by atoms with E-state index in [1.54, 1.807) is 0 Å². The normalized spacial score (nSPS) is 11.3. The van der Waals surface area contributed by atoms with Crippen LogP contribution >= 0.6 is 0 Å². The van der Waals surface area contributed by atoms with Crippen LogP contribution in [0.25, 0.3) is 106 Å². The fraction of sp³-hybridized carbons (Fsp3) is 0. The molecule has 0 fully saturated rings. The van der Waals surface area contributed by atoms with Gasteiger partial charge < -0.3 is 0 Å². The van der Waals surface area contributed by atoms with E-state index in [1.165, 1.54) is 0 Å². The fourth-order valence-electron chi connectivity index (χ4n) is 8.43. The topological polar surface area (TPSA) is 43.1 Å². The first kappa shape index (κ1) is 35.9. The van der Waals surface area contributed by atoms with Gasteiger partial charge in [0, 0.05) is 38.8 Å². The molecular weight excluding hydrogens is 741 g/mol. The molecule has 8 aromatic carbocycles. The van der Waals surface area contributed by atoms with Crippen molar-refractivity contribution < 1.29 is 0 Å². The van der Waals surface area contributed by atoms with Crippen LogP contribution in [-0.2, 0) is 0 Å². The SMILES string of the molecule is c1ccc(-c2cccc(-c3cc(-c4cccc(-c5ccccc5)c4)nc(-c4ccc5c(c4)cc(-c4ccccc4)n4nc(-c6ccccc6)c(-c6ccccc6)c54)n3)c2)cc1. The molecule has 0 unspecified atom stereocenters. The zero-order valence-electron chi connectivity index (χ0n) is 33.2. The molecule has 0 aliphatic rings. The van der Waals surface area contributed by atoms with Crippen LogP contribution in [0.3, 0.4) is 0 Å². The molecule has 0 N–H and O–H groups in total. The minimum absolute atomic E-state index is 0.660. The summed E-state index contributed by atoms with van der Waals surface area (Å²) in [4.78, 5) is 10.7. The van der Waals surface area contributed by atoms with Crippen molar-refractivity contribution in [2.45, 2.75) is 0 Å². The van der Waals surface area contributed by atoms with Crippen LogP contribution in [0.1, 0.15) is 0 Å². The highest BCUT2D eigenvalue weighted by Crippen LogP contribution is 2.42. The van der Waals surface area contributed by atoms with Crippen LogP contribution < -0.4 is 0 Å². The largest absolute Gasteiger partial charge is 0.231 e. The number of nitrogens with zero attached hydrogens (tertiary/aromatic N) is 4. The zero-order chi connectivity index (χ0) is 40.5. The van der Waals surface area contributed by atoms with Gasteiger partial charge in [-0.25, -0.2) is 14.5 Å². The molecule has 0 spiro atoms. The molecule has 3 heterocycles. The van der Waals surface area contributed by atoms with Crippen molar-refractivity contribution in [3.05, 3.63) is 231 Å². The maximum Gasteiger partial charge on any atom is 0.160 e. The molecule has 11 aromatic rings. The van der Waals surface area contributed by atoms with Crippen molar-refractivity contribution in [3.8, 4) is 89.8 Å². The van der Waals surface area contributed by atoms with Gasteiger partial charge in [0.15, 0.2) is 5.82 Å². The number of hydrogen-bond donors (Lipinski definition) is 0. The van der Waals surface area contributed by atoms with Gasteiger partial charge in [-0.2, -0.15) is 5.10 Å². The van der Waals surface area contributed by atoms with E-state index < -0.39 is 0 Å². The highest BCUT2D eigenvalue weighted by atomic mass is 15.2. The first-order chi connectivity index (χ1) is 30.2. The maximum atomic E-state index is 5.41. The second kappa shape index (κ2) is 15.5. The van der Waals surface area contributed by atoms with E-state index in [2.05, 4.69) is 235 Å². The molecule has 61 heavy (non-hydrogen) atoms. The lowest BCUT2D eigenvalue weighted by Gasteiger charge is -2.13. The van der Waals surface area contributed by atoms with Crippen LogP contribution in [0.15, 0.2) is 231 Å². The third kappa shape index (κ3) is 6.86. The van der Waals surface area contributed by atoms with Crippen LogP contribution in [0, 0.1) is 0 Å². The molecular formula is C57H38N4. The molecule has 0 bridgehead atoms. The molecule has 0 aliphatic carbocycles. The Labute approximate surface area is 354 Å². The van der Waals surface area contributed by atoms with E-state index in [9.17, 15) is 0 Å². The first-order valence-electron chi connectivity index (χ1n) is 20.6. The summed E-state index contributed by atoms with van der Waals surface area (Å²) >= 11 is 0. The summed E-state index contributed by atoms with van der Waals surface area (Å²) in [7, 11) is 0. The zero-order valence-corrected chi connectivity index (χ0v) is 33.2. The molecule has 0 saturated carbocycles. The molecule has 3 aromatic heterocycles. The lowest BCUT2D eigenvalue weighted by atomic mass is 9.96. The second-order valence-electron chi connectivity index (χ2n) is 15.3. The van der Waals surface area contributed by atoms with Gasteiger partial charge >= 0.3 is 0 Å². The Morgan fingerprint density at radius 3 is 1.31 bits per heavy atom. The Kier molecular flexibility index (Phi) is 9.14. The third-order valence-corrected chi connectivity index (χ3v) is 11.4. The number of benzene rings is 8. The Morgan fingerprint density at radius 2 is 0.770 bits per heavy atom. The van der Waals surface area contributed by atoms with Crippen LogP contribution in [0.2, 0.25) is 0 Å². The van der Waals surface area contributed by atoms with Crippen molar-refractivity contribution in [1.82, 2.24) is 19.6 Å². The Morgan fingerprint density at radius 1 is 0.311 bits per heavy atom. The van der Waals surface area contributed by atoms with Crippen molar-refractivity contribution in [2.75, 3.05) is 0 Å². The molecule has 11 rings (SSSR count). The molecule has 4 nitrogen and oxygen atoms in total. The number of fused-ring (bicyclic) bond motifs is 3. The van der Waals surface area contributed by atoms with E-state index in [0.717, 1.165) is 100 Å². The maximum absolute atomic E-state index is 5.41. The number of pyridine rings is 1. The van der Waals surface area contributed by atoms with Crippen molar-refractivity contribution >= 4 is 16.3 Å². The monoisotopic (exact) mass is 778 g/mol. The predicted molar refractivity (Wildman–Crippen MR) is 252 cm³/mol. The van der Waals surface area contributed by atoms with Gasteiger partial charge in [0.25, 0.3) is 0 Å². The van der Waals surface area contributed by atoms with Gasteiger partial charge in [-0.3, -0.25) is 0 Å². The molecule has 0 radical (unpaired) electrons. The van der Waals surface area contributed by atoms with Gasteiger partial charge in [-0.1, -0.05) is 200 Å². The van der Waals surface area contributed by atoms with Gasteiger partial charge in [0.05, 0.1) is 22.6 Å². The number of hydrogen-bond acceptors (Lipinski definition) is 3. The van der Waals surface area contributed by atoms with Gasteiger partial charge in [0.2, 0.25) is 0 Å². The number of aromatic nitrogens is 4. The van der Waals surface area contributed by atoms with E-state index in [1.807, 2.05) is 0 Å². The first-order valence-corrected chi connectivity index (χ1v) is 20.6. The lowest BCUT2D eigenvalue weighted by Crippen LogP contribution is -1.98. The minimum Gasteiger partial charge on any atom is -0.231 e. The van der Waals surface area contributed by atoms with Gasteiger partial charge in [0.1, 0.15) is 5.69 Å². The molecule has 286 valence electrons. The smallest absolute Gasteiger partial charge is 0.160 e. The highest BCUT2D eigenvalue weighted by molar-refractivity contribution is 6.09. The quantitative estimate of drug-likeness (QED) is 0.154. The standard InChI is InChI=1S/C57H38N4/c1-6-18-39(19-7-1)44-28-16-30-46(34-44)51-38-52(47-31-17-29-45(35-47)40-20-8-2-9-21-40)59-57(58-51)48-32-33-50-49(36-48)37-53(41-22-10-3-11-23-41)61-56(50)54(42-24-12-4-13-25-42)55(60-61)43-26-14-5-15-27-43/h1-38H. The van der Waals surface area contributed by atoms with Crippen LogP contribution in [0.5, 0.6) is 0 Å². The summed E-state index contributed by atoms with van der Waals surface area (Å²) in [6, 6.07) is 80.9.